The first kappa shape index (κ1) is 12.9. The Kier molecular flexibility index (Phi) is 3.67. The Morgan fingerprint density at radius 3 is 2.58 bits per heavy atom. The smallest absolute Gasteiger partial charge is 0.322 e. The second-order valence-corrected chi connectivity index (χ2v) is 3.82. The lowest BCUT2D eigenvalue weighted by atomic mass is 10.3. The third-order valence-electron chi connectivity index (χ3n) is 2.10. The number of nitro groups is 1. The molecular weight excluding hydrogens is 274 g/mol. The normalized spacial score (nSPS) is 9.95. The average Bonchev–Trinajstić information content (AvgIpc) is 2.41. The molecule has 1 aromatic heterocycles. The number of rotatable bonds is 4. The van der Waals surface area contributed by atoms with Gasteiger partial charge in [0.2, 0.25) is 5.75 Å². The Hall–Kier alpha value is -2.54. The molecule has 0 saturated heterocycles. The first-order valence-corrected chi connectivity index (χ1v) is 5.37. The van der Waals surface area contributed by atoms with Crippen LogP contribution in [-0.4, -0.2) is 21.2 Å². The number of benzene rings is 1. The summed E-state index contributed by atoms with van der Waals surface area (Å²) >= 11 is 5.67. The number of ether oxygens (including phenoxy) is 1. The molecule has 0 aliphatic heterocycles. The summed E-state index contributed by atoms with van der Waals surface area (Å²) in [6.07, 6.45) is 3.07. The first-order valence-electron chi connectivity index (χ1n) is 4.99. The van der Waals surface area contributed by atoms with E-state index >= 15 is 0 Å². The van der Waals surface area contributed by atoms with Crippen molar-refractivity contribution >= 4 is 23.6 Å². The minimum Gasteiger partial charge on any atom is -0.417 e. The van der Waals surface area contributed by atoms with Crippen molar-refractivity contribution in [1.29, 1.82) is 0 Å². The zero-order valence-electron chi connectivity index (χ0n) is 9.32. The molecule has 0 unspecified atom stereocenters. The maximum absolute atomic E-state index is 10.8. The number of hydrogen-bond donors (Lipinski definition) is 0. The van der Waals surface area contributed by atoms with E-state index in [9.17, 15) is 14.9 Å². The van der Waals surface area contributed by atoms with Crippen molar-refractivity contribution < 1.29 is 14.5 Å². The van der Waals surface area contributed by atoms with Crippen LogP contribution in [0, 0.1) is 10.1 Å². The van der Waals surface area contributed by atoms with E-state index in [-0.39, 0.29) is 28.0 Å². The Balaban J connectivity index is 2.31. The van der Waals surface area contributed by atoms with Crippen LogP contribution in [0.4, 0.5) is 5.69 Å². The molecule has 0 aliphatic carbocycles. The lowest BCUT2D eigenvalue weighted by Gasteiger charge is -2.04. The van der Waals surface area contributed by atoms with Gasteiger partial charge in [0.05, 0.1) is 10.5 Å². The summed E-state index contributed by atoms with van der Waals surface area (Å²) < 4.78 is 5.19. The summed E-state index contributed by atoms with van der Waals surface area (Å²) in [5.74, 6) is -0.0340. The average molecular weight is 280 g/mol. The van der Waals surface area contributed by atoms with Gasteiger partial charge in [-0.25, -0.2) is 9.97 Å². The van der Waals surface area contributed by atoms with E-state index < -0.39 is 4.92 Å². The molecule has 0 aliphatic rings. The van der Waals surface area contributed by atoms with Crippen LogP contribution in [0.25, 0.3) is 0 Å². The second-order valence-electron chi connectivity index (χ2n) is 3.39. The zero-order chi connectivity index (χ0) is 13.8. The summed E-state index contributed by atoms with van der Waals surface area (Å²) in [5, 5.41) is 11.1. The molecule has 0 bridgehead atoms. The third kappa shape index (κ3) is 3.02. The minimum atomic E-state index is -0.624. The molecule has 0 radical (unpaired) electrons. The molecule has 0 amide bonds. The predicted molar refractivity (Wildman–Crippen MR) is 65.6 cm³/mol. The lowest BCUT2D eigenvalue weighted by Crippen LogP contribution is -1.97. The van der Waals surface area contributed by atoms with Crippen LogP contribution in [0.5, 0.6) is 11.8 Å². The summed E-state index contributed by atoms with van der Waals surface area (Å²) in [6.45, 7) is 0. The van der Waals surface area contributed by atoms with Gasteiger partial charge in [-0.2, -0.15) is 0 Å². The molecule has 2 rings (SSSR count). The molecule has 0 N–H and O–H groups in total. The highest BCUT2D eigenvalue weighted by atomic mass is 35.5. The van der Waals surface area contributed by atoms with Gasteiger partial charge in [0.1, 0.15) is 0 Å². The quantitative estimate of drug-likeness (QED) is 0.485. The topological polar surface area (TPSA) is 95.2 Å². The van der Waals surface area contributed by atoms with Crippen LogP contribution >= 0.6 is 11.6 Å². The fourth-order valence-electron chi connectivity index (χ4n) is 1.26. The van der Waals surface area contributed by atoms with Crippen LogP contribution in [0.15, 0.2) is 30.6 Å². The van der Waals surface area contributed by atoms with Crippen molar-refractivity contribution in [3.05, 3.63) is 51.3 Å². The molecule has 0 fully saturated rings. The van der Waals surface area contributed by atoms with E-state index in [0.29, 0.717) is 6.29 Å². The predicted octanol–water partition coefficient (Wildman–Crippen LogP) is 2.64. The van der Waals surface area contributed by atoms with Crippen LogP contribution in [0.1, 0.15) is 10.4 Å². The van der Waals surface area contributed by atoms with E-state index in [2.05, 4.69) is 9.97 Å². The molecular formula is C11H6ClN3O4. The van der Waals surface area contributed by atoms with E-state index in [0.717, 1.165) is 6.07 Å². The van der Waals surface area contributed by atoms with Gasteiger partial charge in [0, 0.05) is 23.5 Å². The molecule has 96 valence electrons. The molecule has 1 heterocycles. The van der Waals surface area contributed by atoms with E-state index in [1.807, 2.05) is 0 Å². The first-order chi connectivity index (χ1) is 9.10. The largest absolute Gasteiger partial charge is 0.417 e. The Labute approximate surface area is 112 Å². The van der Waals surface area contributed by atoms with Gasteiger partial charge < -0.3 is 4.74 Å². The van der Waals surface area contributed by atoms with Crippen LogP contribution < -0.4 is 4.74 Å². The molecule has 19 heavy (non-hydrogen) atoms. The number of aromatic nitrogens is 2. The summed E-state index contributed by atoms with van der Waals surface area (Å²) in [6, 6.07) is 3.86. The number of nitrogens with zero attached hydrogens (tertiary/aromatic N) is 3. The van der Waals surface area contributed by atoms with Crippen molar-refractivity contribution in [3.63, 3.8) is 0 Å². The minimum absolute atomic E-state index is 0.0340. The van der Waals surface area contributed by atoms with Crippen molar-refractivity contribution in [2.24, 2.45) is 0 Å². The summed E-state index contributed by atoms with van der Waals surface area (Å²) in [5.41, 5.74) is -0.0199. The van der Waals surface area contributed by atoms with Crippen LogP contribution in [0.2, 0.25) is 5.02 Å². The second kappa shape index (κ2) is 5.40. The van der Waals surface area contributed by atoms with Crippen molar-refractivity contribution in [1.82, 2.24) is 9.97 Å². The van der Waals surface area contributed by atoms with E-state index in [1.54, 1.807) is 0 Å². The highest BCUT2D eigenvalue weighted by Gasteiger charge is 2.17. The molecule has 7 nitrogen and oxygen atoms in total. The van der Waals surface area contributed by atoms with Gasteiger partial charge in [0.25, 0.3) is 0 Å². The number of nitro benzene ring substituents is 1. The van der Waals surface area contributed by atoms with E-state index in [1.165, 1.54) is 24.5 Å². The molecule has 2 aromatic rings. The van der Waals surface area contributed by atoms with Gasteiger partial charge in [-0.15, -0.1) is 0 Å². The number of carbonyl (C=O) groups is 1. The Bertz CT molecular complexity index is 630. The maximum Gasteiger partial charge on any atom is 0.322 e. The highest BCUT2D eigenvalue weighted by molar-refractivity contribution is 6.30. The number of halogens is 1. The monoisotopic (exact) mass is 279 g/mol. The third-order valence-corrected chi connectivity index (χ3v) is 2.34. The van der Waals surface area contributed by atoms with Gasteiger partial charge in [-0.3, -0.25) is 14.9 Å². The summed E-state index contributed by atoms with van der Waals surface area (Å²) in [4.78, 5) is 28.1. The fourth-order valence-corrected chi connectivity index (χ4v) is 1.42. The van der Waals surface area contributed by atoms with Gasteiger partial charge in [-0.1, -0.05) is 11.6 Å². The van der Waals surface area contributed by atoms with Gasteiger partial charge >= 0.3 is 11.7 Å². The SMILES string of the molecule is O=Cc1cnc(Oc2ccc(Cl)cc2[N+](=O)[O-])nc1. The zero-order valence-corrected chi connectivity index (χ0v) is 10.1. The van der Waals surface area contributed by atoms with Crippen LogP contribution in [0.3, 0.4) is 0 Å². The van der Waals surface area contributed by atoms with Crippen LogP contribution in [-0.2, 0) is 0 Å². The molecule has 1 aromatic carbocycles. The molecule has 0 spiro atoms. The molecule has 0 atom stereocenters. The van der Waals surface area contributed by atoms with Crippen molar-refractivity contribution in [2.45, 2.75) is 0 Å². The number of carbonyl (C=O) groups excluding carboxylic acids is 1. The standard InChI is InChI=1S/C11H6ClN3O4/c12-8-1-2-10(9(3-8)15(17)18)19-11-13-4-7(6-16)5-14-11/h1-6H. The van der Waals surface area contributed by atoms with Crippen molar-refractivity contribution in [3.8, 4) is 11.8 Å². The van der Waals surface area contributed by atoms with Gasteiger partial charge in [0.15, 0.2) is 6.29 Å². The summed E-state index contributed by atoms with van der Waals surface area (Å²) in [7, 11) is 0. The Morgan fingerprint density at radius 1 is 1.32 bits per heavy atom. The maximum atomic E-state index is 10.8. The molecule has 0 saturated carbocycles. The van der Waals surface area contributed by atoms with Gasteiger partial charge in [-0.05, 0) is 12.1 Å². The fraction of sp³-hybridized carbons (Fsp3) is 0. The Morgan fingerprint density at radius 2 is 2.00 bits per heavy atom. The number of hydrogen-bond acceptors (Lipinski definition) is 6. The highest BCUT2D eigenvalue weighted by Crippen LogP contribution is 2.32. The number of aldehydes is 1. The van der Waals surface area contributed by atoms with Crippen molar-refractivity contribution in [2.75, 3.05) is 0 Å². The van der Waals surface area contributed by atoms with E-state index in [4.69, 9.17) is 16.3 Å². The lowest BCUT2D eigenvalue weighted by molar-refractivity contribution is -0.385. The molecule has 8 heteroatoms.